The summed E-state index contributed by atoms with van der Waals surface area (Å²) in [7, 11) is 0. The van der Waals surface area contributed by atoms with Gasteiger partial charge in [0.1, 0.15) is 0 Å². The van der Waals surface area contributed by atoms with E-state index in [4.69, 9.17) is 0 Å². The molecule has 1 aliphatic rings. The molecule has 0 amide bonds. The van der Waals surface area contributed by atoms with Gasteiger partial charge in [0.2, 0.25) is 0 Å². The van der Waals surface area contributed by atoms with Crippen LogP contribution < -0.4 is 5.32 Å². The van der Waals surface area contributed by atoms with E-state index in [2.05, 4.69) is 37.6 Å². The van der Waals surface area contributed by atoms with Crippen molar-refractivity contribution in [1.29, 1.82) is 0 Å². The first-order valence-electron chi connectivity index (χ1n) is 5.66. The maximum Gasteiger partial charge on any atom is 0.0197 e. The van der Waals surface area contributed by atoms with Gasteiger partial charge in [0.15, 0.2) is 0 Å². The lowest BCUT2D eigenvalue weighted by molar-refractivity contribution is 0.124. The zero-order valence-corrected chi connectivity index (χ0v) is 9.84. The van der Waals surface area contributed by atoms with Gasteiger partial charge >= 0.3 is 0 Å². The zero-order chi connectivity index (χ0) is 10.6. The van der Waals surface area contributed by atoms with Crippen LogP contribution in [0.1, 0.15) is 33.6 Å². The van der Waals surface area contributed by atoms with E-state index in [0.717, 1.165) is 13.1 Å². The lowest BCUT2D eigenvalue weighted by Gasteiger charge is -2.36. The molecule has 1 saturated heterocycles. The van der Waals surface area contributed by atoms with E-state index in [1.807, 2.05) is 6.08 Å². The molecule has 0 bridgehead atoms. The van der Waals surface area contributed by atoms with Gasteiger partial charge in [0.25, 0.3) is 0 Å². The lowest BCUT2D eigenvalue weighted by Crippen LogP contribution is -2.48. The van der Waals surface area contributed by atoms with Crippen LogP contribution in [0.15, 0.2) is 12.7 Å². The standard InChI is InChI=1S/C12H24N2/c1-5-8-13-10-11(2)14-9-6-7-12(14,3)4/h5,11,13H,1,6-10H2,2-4H3. The zero-order valence-electron chi connectivity index (χ0n) is 9.84. The van der Waals surface area contributed by atoms with Crippen LogP contribution in [0.2, 0.25) is 0 Å². The Morgan fingerprint density at radius 1 is 1.57 bits per heavy atom. The SMILES string of the molecule is C=CCNCC(C)N1CCCC1(C)C. The number of hydrogen-bond acceptors (Lipinski definition) is 2. The van der Waals surface area contributed by atoms with Crippen molar-refractivity contribution in [3.05, 3.63) is 12.7 Å². The third-order valence-electron chi connectivity index (χ3n) is 3.23. The lowest BCUT2D eigenvalue weighted by atomic mass is 10.0. The summed E-state index contributed by atoms with van der Waals surface area (Å²) in [6, 6.07) is 0.632. The van der Waals surface area contributed by atoms with Crippen LogP contribution in [0.4, 0.5) is 0 Å². The largest absolute Gasteiger partial charge is 0.312 e. The molecular weight excluding hydrogens is 172 g/mol. The van der Waals surface area contributed by atoms with Gasteiger partial charge in [-0.05, 0) is 40.2 Å². The Hall–Kier alpha value is -0.340. The van der Waals surface area contributed by atoms with E-state index < -0.39 is 0 Å². The smallest absolute Gasteiger partial charge is 0.0197 e. The fourth-order valence-corrected chi connectivity index (χ4v) is 2.45. The minimum absolute atomic E-state index is 0.398. The molecule has 0 aromatic rings. The number of nitrogens with zero attached hydrogens (tertiary/aromatic N) is 1. The molecular formula is C12H24N2. The van der Waals surface area contributed by atoms with Crippen LogP contribution >= 0.6 is 0 Å². The first-order chi connectivity index (χ1) is 6.58. The highest BCUT2D eigenvalue weighted by molar-refractivity contribution is 4.91. The van der Waals surface area contributed by atoms with Gasteiger partial charge in [0.05, 0.1) is 0 Å². The molecule has 0 aromatic heterocycles. The van der Waals surface area contributed by atoms with E-state index >= 15 is 0 Å². The third-order valence-corrected chi connectivity index (χ3v) is 3.23. The van der Waals surface area contributed by atoms with Crippen LogP contribution in [0.3, 0.4) is 0 Å². The predicted octanol–water partition coefficient (Wildman–Crippen LogP) is 2.02. The fourth-order valence-electron chi connectivity index (χ4n) is 2.45. The van der Waals surface area contributed by atoms with Crippen molar-refractivity contribution in [3.8, 4) is 0 Å². The molecule has 1 atom stereocenters. The van der Waals surface area contributed by atoms with E-state index in [-0.39, 0.29) is 0 Å². The predicted molar refractivity (Wildman–Crippen MR) is 62.5 cm³/mol. The second-order valence-corrected chi connectivity index (χ2v) is 4.91. The maximum absolute atomic E-state index is 3.71. The maximum atomic E-state index is 3.71. The minimum Gasteiger partial charge on any atom is -0.312 e. The molecule has 2 nitrogen and oxygen atoms in total. The van der Waals surface area contributed by atoms with Gasteiger partial charge in [-0.1, -0.05) is 6.08 Å². The number of nitrogens with one attached hydrogen (secondary N) is 1. The Labute approximate surface area is 88.4 Å². The Kier molecular flexibility index (Phi) is 4.14. The summed E-state index contributed by atoms with van der Waals surface area (Å²) in [5.74, 6) is 0. The summed E-state index contributed by atoms with van der Waals surface area (Å²) < 4.78 is 0. The molecule has 1 rings (SSSR count). The normalized spacial score (nSPS) is 23.6. The number of hydrogen-bond donors (Lipinski definition) is 1. The van der Waals surface area contributed by atoms with Gasteiger partial charge in [-0.2, -0.15) is 0 Å². The average molecular weight is 196 g/mol. The van der Waals surface area contributed by atoms with E-state index in [9.17, 15) is 0 Å². The monoisotopic (exact) mass is 196 g/mol. The molecule has 1 fully saturated rings. The van der Waals surface area contributed by atoms with Crippen molar-refractivity contribution in [2.75, 3.05) is 19.6 Å². The van der Waals surface area contributed by atoms with Crippen molar-refractivity contribution in [2.45, 2.75) is 45.2 Å². The van der Waals surface area contributed by atoms with Crippen LogP contribution in [0.25, 0.3) is 0 Å². The van der Waals surface area contributed by atoms with Crippen LogP contribution in [-0.4, -0.2) is 36.1 Å². The van der Waals surface area contributed by atoms with Crippen LogP contribution in [0.5, 0.6) is 0 Å². The van der Waals surface area contributed by atoms with Crippen molar-refractivity contribution >= 4 is 0 Å². The second kappa shape index (κ2) is 4.94. The summed E-state index contributed by atoms with van der Waals surface area (Å²) in [6.07, 6.45) is 4.60. The van der Waals surface area contributed by atoms with Gasteiger partial charge in [-0.15, -0.1) is 6.58 Å². The number of rotatable bonds is 5. The average Bonchev–Trinajstić information content (AvgIpc) is 2.45. The summed E-state index contributed by atoms with van der Waals surface area (Å²) in [4.78, 5) is 2.61. The summed E-state index contributed by atoms with van der Waals surface area (Å²) >= 11 is 0. The third kappa shape index (κ3) is 2.82. The molecule has 14 heavy (non-hydrogen) atoms. The summed E-state index contributed by atoms with van der Waals surface area (Å²) in [5.41, 5.74) is 0.398. The molecule has 2 heteroatoms. The molecule has 1 heterocycles. The molecule has 0 spiro atoms. The Morgan fingerprint density at radius 3 is 2.79 bits per heavy atom. The van der Waals surface area contributed by atoms with Gasteiger partial charge in [-0.25, -0.2) is 0 Å². The first-order valence-corrected chi connectivity index (χ1v) is 5.66. The van der Waals surface area contributed by atoms with E-state index in [1.165, 1.54) is 19.4 Å². The van der Waals surface area contributed by atoms with Crippen molar-refractivity contribution < 1.29 is 0 Å². The van der Waals surface area contributed by atoms with Crippen LogP contribution in [0, 0.1) is 0 Å². The first kappa shape index (κ1) is 11.7. The molecule has 0 saturated carbocycles. The number of likely N-dealkylation sites (tertiary alicyclic amines) is 1. The van der Waals surface area contributed by atoms with E-state index in [1.54, 1.807) is 0 Å². The second-order valence-electron chi connectivity index (χ2n) is 4.91. The topological polar surface area (TPSA) is 15.3 Å². The molecule has 82 valence electrons. The molecule has 1 N–H and O–H groups in total. The van der Waals surface area contributed by atoms with Crippen LogP contribution in [-0.2, 0) is 0 Å². The van der Waals surface area contributed by atoms with Gasteiger partial charge < -0.3 is 5.32 Å². The fraction of sp³-hybridized carbons (Fsp3) is 0.833. The highest BCUT2D eigenvalue weighted by atomic mass is 15.2. The molecule has 0 aromatic carbocycles. The highest BCUT2D eigenvalue weighted by Crippen LogP contribution is 2.29. The summed E-state index contributed by atoms with van der Waals surface area (Å²) in [5, 5.41) is 3.39. The molecule has 0 radical (unpaired) electrons. The van der Waals surface area contributed by atoms with Crippen molar-refractivity contribution in [1.82, 2.24) is 10.2 Å². The van der Waals surface area contributed by atoms with E-state index in [0.29, 0.717) is 11.6 Å². The van der Waals surface area contributed by atoms with Gasteiger partial charge in [-0.3, -0.25) is 4.90 Å². The quantitative estimate of drug-likeness (QED) is 0.534. The Bertz CT molecular complexity index is 187. The Morgan fingerprint density at radius 2 is 2.29 bits per heavy atom. The molecule has 1 aliphatic heterocycles. The molecule has 0 aliphatic carbocycles. The minimum atomic E-state index is 0.398. The Balaban J connectivity index is 2.36. The van der Waals surface area contributed by atoms with Crippen molar-refractivity contribution in [3.63, 3.8) is 0 Å². The summed E-state index contributed by atoms with van der Waals surface area (Å²) in [6.45, 7) is 14.0. The van der Waals surface area contributed by atoms with Gasteiger partial charge in [0, 0.05) is 24.7 Å². The molecule has 1 unspecified atom stereocenters. The highest BCUT2D eigenvalue weighted by Gasteiger charge is 2.34. The van der Waals surface area contributed by atoms with Crippen molar-refractivity contribution in [2.24, 2.45) is 0 Å².